The molecule has 8 heteroatoms. The van der Waals surface area contributed by atoms with Crippen LogP contribution in [-0.2, 0) is 16.0 Å². The van der Waals surface area contributed by atoms with Gasteiger partial charge in [-0.25, -0.2) is 4.98 Å². The molecular weight excluding hydrogens is 438 g/mol. The number of anilines is 1. The molecule has 0 saturated carbocycles. The number of carbonyl (C=O) groups excluding carboxylic acids is 1. The highest BCUT2D eigenvalue weighted by Gasteiger charge is 2.22. The highest BCUT2D eigenvalue weighted by Crippen LogP contribution is 2.32. The van der Waals surface area contributed by atoms with Crippen molar-refractivity contribution in [1.82, 2.24) is 9.88 Å². The number of fused-ring (bicyclic) bond motifs is 1. The van der Waals surface area contributed by atoms with Crippen LogP contribution in [0.25, 0.3) is 10.2 Å². The summed E-state index contributed by atoms with van der Waals surface area (Å²) in [6.07, 6.45) is 2.39. The molecule has 4 rings (SSSR count). The van der Waals surface area contributed by atoms with Crippen molar-refractivity contribution in [3.8, 4) is 0 Å². The summed E-state index contributed by atoms with van der Waals surface area (Å²) in [4.78, 5) is 23.4. The van der Waals surface area contributed by atoms with E-state index in [1.54, 1.807) is 23.1 Å². The van der Waals surface area contributed by atoms with Crippen LogP contribution in [0.15, 0.2) is 47.4 Å². The van der Waals surface area contributed by atoms with Crippen molar-refractivity contribution >= 4 is 56.0 Å². The second-order valence-corrected chi connectivity index (χ2v) is 9.46. The average molecular weight is 462 g/mol. The highest BCUT2D eigenvalue weighted by atomic mass is 35.5. The Morgan fingerprint density at radius 1 is 1.23 bits per heavy atom. The molecule has 1 fully saturated rings. The van der Waals surface area contributed by atoms with Gasteiger partial charge in [-0.15, -0.1) is 11.8 Å². The molecule has 1 aliphatic rings. The first-order valence-corrected chi connectivity index (χ1v) is 12.3. The number of benzene rings is 2. The smallest absolute Gasteiger partial charge is 0.233 e. The Hall–Kier alpha value is -1.64. The van der Waals surface area contributed by atoms with Crippen molar-refractivity contribution in [1.29, 1.82) is 0 Å². The molecule has 0 spiro atoms. The van der Waals surface area contributed by atoms with Crippen molar-refractivity contribution < 1.29 is 9.53 Å². The average Bonchev–Trinajstić information content (AvgIpc) is 3.19. The van der Waals surface area contributed by atoms with Gasteiger partial charge in [-0.2, -0.15) is 0 Å². The van der Waals surface area contributed by atoms with Gasteiger partial charge < -0.3 is 4.74 Å². The Morgan fingerprint density at radius 3 is 2.73 bits per heavy atom. The maximum absolute atomic E-state index is 13.3. The molecule has 3 aromatic rings. The van der Waals surface area contributed by atoms with E-state index in [0.29, 0.717) is 18.0 Å². The first-order valence-electron chi connectivity index (χ1n) is 9.92. The van der Waals surface area contributed by atoms with Crippen LogP contribution in [-0.4, -0.2) is 61.4 Å². The molecule has 1 saturated heterocycles. The SMILES string of the molecule is CSc1ccc2nc(N(CCN3CCOCC3)C(=O)Cc3ccc(Cl)cc3)sc2c1. The molecule has 0 unspecified atom stereocenters. The first-order chi connectivity index (χ1) is 14.6. The van der Waals surface area contributed by atoms with E-state index in [1.165, 1.54) is 4.90 Å². The fourth-order valence-corrected chi connectivity index (χ4v) is 5.09. The van der Waals surface area contributed by atoms with Gasteiger partial charge in [-0.1, -0.05) is 35.1 Å². The van der Waals surface area contributed by atoms with E-state index in [1.807, 2.05) is 35.2 Å². The molecular formula is C22H24ClN3O2S2. The molecule has 1 aromatic heterocycles. The summed E-state index contributed by atoms with van der Waals surface area (Å²) in [7, 11) is 0. The minimum atomic E-state index is 0.0507. The van der Waals surface area contributed by atoms with E-state index in [4.69, 9.17) is 21.3 Å². The number of carbonyl (C=O) groups is 1. The van der Waals surface area contributed by atoms with Gasteiger partial charge in [0, 0.05) is 36.1 Å². The third-order valence-corrected chi connectivity index (χ3v) is 7.15. The predicted octanol–water partition coefficient (Wildman–Crippen LogP) is 4.58. The molecule has 2 heterocycles. The molecule has 1 amide bonds. The molecule has 0 atom stereocenters. The fourth-order valence-electron chi connectivity index (χ4n) is 3.40. The van der Waals surface area contributed by atoms with Gasteiger partial charge in [0.05, 0.1) is 29.9 Å². The van der Waals surface area contributed by atoms with Gasteiger partial charge in [0.2, 0.25) is 5.91 Å². The zero-order valence-electron chi connectivity index (χ0n) is 16.8. The molecule has 5 nitrogen and oxygen atoms in total. The third kappa shape index (κ3) is 5.34. The molecule has 0 radical (unpaired) electrons. The summed E-state index contributed by atoms with van der Waals surface area (Å²) in [5.74, 6) is 0.0507. The van der Waals surface area contributed by atoms with Crippen molar-refractivity contribution in [2.24, 2.45) is 0 Å². The van der Waals surface area contributed by atoms with Crippen molar-refractivity contribution in [2.45, 2.75) is 11.3 Å². The van der Waals surface area contributed by atoms with Crippen molar-refractivity contribution in [2.75, 3.05) is 50.5 Å². The second kappa shape index (κ2) is 10.1. The van der Waals surface area contributed by atoms with Crippen molar-refractivity contribution in [3.05, 3.63) is 53.1 Å². The summed E-state index contributed by atoms with van der Waals surface area (Å²) < 4.78 is 6.55. The third-order valence-electron chi connectivity index (χ3n) is 5.13. The lowest BCUT2D eigenvalue weighted by atomic mass is 10.1. The van der Waals surface area contributed by atoms with Crippen LogP contribution < -0.4 is 4.90 Å². The van der Waals surface area contributed by atoms with Crippen LogP contribution in [0.1, 0.15) is 5.56 Å². The van der Waals surface area contributed by atoms with Gasteiger partial charge in [0.15, 0.2) is 5.13 Å². The zero-order chi connectivity index (χ0) is 20.9. The highest BCUT2D eigenvalue weighted by molar-refractivity contribution is 7.98. The lowest BCUT2D eigenvalue weighted by molar-refractivity contribution is -0.118. The van der Waals surface area contributed by atoms with Crippen LogP contribution >= 0.6 is 34.7 Å². The predicted molar refractivity (Wildman–Crippen MR) is 126 cm³/mol. The lowest BCUT2D eigenvalue weighted by Crippen LogP contribution is -2.43. The molecule has 30 heavy (non-hydrogen) atoms. The van der Waals surface area contributed by atoms with Gasteiger partial charge in [-0.3, -0.25) is 14.6 Å². The number of thiazole rings is 1. The standard InChI is InChI=1S/C22H24ClN3O2S2/c1-29-18-6-7-19-20(15-18)30-22(24-19)26(9-8-25-10-12-28-13-11-25)21(27)14-16-2-4-17(23)5-3-16/h2-7,15H,8-14H2,1H3. The van der Waals surface area contributed by atoms with Gasteiger partial charge >= 0.3 is 0 Å². The van der Waals surface area contributed by atoms with Crippen LogP contribution in [0.2, 0.25) is 5.02 Å². The van der Waals surface area contributed by atoms with Gasteiger partial charge in [0.1, 0.15) is 0 Å². The number of halogens is 1. The molecule has 1 aliphatic heterocycles. The Morgan fingerprint density at radius 2 is 2.00 bits per heavy atom. The molecule has 0 aliphatic carbocycles. The summed E-state index contributed by atoms with van der Waals surface area (Å²) in [6.45, 7) is 4.71. The first kappa shape index (κ1) is 21.6. The number of thioether (sulfide) groups is 1. The van der Waals surface area contributed by atoms with E-state index in [9.17, 15) is 4.79 Å². The number of amides is 1. The number of morpholine rings is 1. The van der Waals surface area contributed by atoms with Gasteiger partial charge in [-0.05, 0) is 42.2 Å². The normalized spacial score (nSPS) is 14.9. The number of hydrogen-bond acceptors (Lipinski definition) is 6. The summed E-state index contributed by atoms with van der Waals surface area (Å²) in [5, 5.41) is 1.43. The maximum atomic E-state index is 13.3. The van der Waals surface area contributed by atoms with Crippen LogP contribution in [0.4, 0.5) is 5.13 Å². The largest absolute Gasteiger partial charge is 0.379 e. The molecule has 0 bridgehead atoms. The Balaban J connectivity index is 1.56. The number of nitrogens with zero attached hydrogens (tertiary/aromatic N) is 3. The number of rotatable bonds is 7. The van der Waals surface area contributed by atoms with Crippen LogP contribution in [0, 0.1) is 0 Å². The minimum absolute atomic E-state index is 0.0507. The Labute approximate surface area is 190 Å². The number of ether oxygens (including phenoxy) is 1. The minimum Gasteiger partial charge on any atom is -0.379 e. The topological polar surface area (TPSA) is 45.7 Å². The number of aromatic nitrogens is 1. The van der Waals surface area contributed by atoms with E-state index >= 15 is 0 Å². The maximum Gasteiger partial charge on any atom is 0.233 e. The fraction of sp³-hybridized carbons (Fsp3) is 0.364. The number of hydrogen-bond donors (Lipinski definition) is 0. The van der Waals surface area contributed by atoms with E-state index in [0.717, 1.165) is 53.8 Å². The van der Waals surface area contributed by atoms with Crippen LogP contribution in [0.5, 0.6) is 0 Å². The second-order valence-electron chi connectivity index (χ2n) is 7.13. The van der Waals surface area contributed by atoms with Gasteiger partial charge in [0.25, 0.3) is 0 Å². The molecule has 158 valence electrons. The van der Waals surface area contributed by atoms with E-state index in [-0.39, 0.29) is 5.91 Å². The monoisotopic (exact) mass is 461 g/mol. The lowest BCUT2D eigenvalue weighted by Gasteiger charge is -2.29. The van der Waals surface area contributed by atoms with E-state index < -0.39 is 0 Å². The zero-order valence-corrected chi connectivity index (χ0v) is 19.2. The molecule has 0 N–H and O–H groups in total. The molecule has 2 aromatic carbocycles. The van der Waals surface area contributed by atoms with Crippen LogP contribution in [0.3, 0.4) is 0 Å². The Kier molecular flexibility index (Phi) is 7.28. The van der Waals surface area contributed by atoms with E-state index in [2.05, 4.69) is 23.3 Å². The Bertz CT molecular complexity index is 1000. The summed E-state index contributed by atoms with van der Waals surface area (Å²) >= 11 is 9.28. The summed E-state index contributed by atoms with van der Waals surface area (Å²) in [5.41, 5.74) is 1.88. The van der Waals surface area contributed by atoms with Crippen molar-refractivity contribution in [3.63, 3.8) is 0 Å². The quantitative estimate of drug-likeness (QED) is 0.482. The summed E-state index contributed by atoms with van der Waals surface area (Å²) in [6, 6.07) is 13.7.